The van der Waals surface area contributed by atoms with E-state index in [9.17, 15) is 4.79 Å². The van der Waals surface area contributed by atoms with Gasteiger partial charge in [0.15, 0.2) is 0 Å². The highest BCUT2D eigenvalue weighted by molar-refractivity contribution is 7.11. The summed E-state index contributed by atoms with van der Waals surface area (Å²) in [5.74, 6) is 0. The Morgan fingerprint density at radius 2 is 1.95 bits per heavy atom. The van der Waals surface area contributed by atoms with Gasteiger partial charge in [0.2, 0.25) is 0 Å². The Bertz CT molecular complexity index is 480. The van der Waals surface area contributed by atoms with E-state index in [1.165, 1.54) is 4.88 Å². The fourth-order valence-corrected chi connectivity index (χ4v) is 3.00. The van der Waals surface area contributed by atoms with Crippen LogP contribution in [0.5, 0.6) is 0 Å². The summed E-state index contributed by atoms with van der Waals surface area (Å²) in [5, 5.41) is 7.33. The van der Waals surface area contributed by atoms with Gasteiger partial charge in [-0.05, 0) is 48.5 Å². The Kier molecular flexibility index (Phi) is 6.16. The van der Waals surface area contributed by atoms with Gasteiger partial charge >= 0.3 is 6.09 Å². The van der Waals surface area contributed by atoms with Crippen LogP contribution in [0.15, 0.2) is 0 Å². The molecule has 0 radical (unpaired) electrons. The molecule has 0 spiro atoms. The molecular weight excluding hydrogens is 286 g/mol. The highest BCUT2D eigenvalue weighted by atomic mass is 32.1. The standard InChI is InChI=1S/C15H27N3O2S/c1-9(8-16-14(19)20-15(5,6)7)17-10(2)13-11(3)18-12(4)21-13/h9-10,17H,8H2,1-7H3,(H,16,19). The first-order chi connectivity index (χ1) is 9.58. The first kappa shape index (κ1) is 17.9. The maximum atomic E-state index is 11.6. The van der Waals surface area contributed by atoms with E-state index >= 15 is 0 Å². The molecule has 1 aromatic rings. The van der Waals surface area contributed by atoms with Gasteiger partial charge in [0.1, 0.15) is 5.60 Å². The zero-order valence-electron chi connectivity index (χ0n) is 14.0. The summed E-state index contributed by atoms with van der Waals surface area (Å²) in [5.41, 5.74) is 0.607. The molecule has 5 nitrogen and oxygen atoms in total. The first-order valence-corrected chi connectivity index (χ1v) is 8.07. The Morgan fingerprint density at radius 3 is 2.43 bits per heavy atom. The Hall–Kier alpha value is -1.14. The average Bonchev–Trinajstić information content (AvgIpc) is 2.63. The third-order valence-electron chi connectivity index (χ3n) is 2.82. The lowest BCUT2D eigenvalue weighted by Crippen LogP contribution is -2.41. The van der Waals surface area contributed by atoms with Gasteiger partial charge in [0.25, 0.3) is 0 Å². The lowest BCUT2D eigenvalue weighted by atomic mass is 10.2. The number of hydrogen-bond acceptors (Lipinski definition) is 5. The van der Waals surface area contributed by atoms with Crippen molar-refractivity contribution in [1.82, 2.24) is 15.6 Å². The van der Waals surface area contributed by atoms with Crippen LogP contribution in [0.4, 0.5) is 4.79 Å². The molecule has 0 aliphatic rings. The highest BCUT2D eigenvalue weighted by Crippen LogP contribution is 2.24. The van der Waals surface area contributed by atoms with Crippen LogP contribution in [-0.4, -0.2) is 29.3 Å². The van der Waals surface area contributed by atoms with E-state index in [2.05, 4.69) is 22.5 Å². The molecule has 0 saturated heterocycles. The molecule has 0 aromatic carbocycles. The number of thiazole rings is 1. The quantitative estimate of drug-likeness (QED) is 0.875. The smallest absolute Gasteiger partial charge is 0.407 e. The van der Waals surface area contributed by atoms with E-state index in [0.29, 0.717) is 6.54 Å². The maximum absolute atomic E-state index is 11.6. The predicted molar refractivity (Wildman–Crippen MR) is 86.8 cm³/mol. The van der Waals surface area contributed by atoms with E-state index < -0.39 is 5.60 Å². The van der Waals surface area contributed by atoms with Crippen LogP contribution >= 0.6 is 11.3 Å². The zero-order chi connectivity index (χ0) is 16.2. The molecule has 6 heteroatoms. The van der Waals surface area contributed by atoms with Gasteiger partial charge in [-0.1, -0.05) is 0 Å². The predicted octanol–water partition coefficient (Wildman–Crippen LogP) is 3.32. The van der Waals surface area contributed by atoms with Crippen molar-refractivity contribution in [1.29, 1.82) is 0 Å². The van der Waals surface area contributed by atoms with Crippen LogP contribution in [-0.2, 0) is 4.74 Å². The number of carbonyl (C=O) groups excluding carboxylic acids is 1. The van der Waals surface area contributed by atoms with E-state index in [1.54, 1.807) is 11.3 Å². The van der Waals surface area contributed by atoms with Gasteiger partial charge in [-0.3, -0.25) is 0 Å². The number of aryl methyl sites for hydroxylation is 2. The molecule has 21 heavy (non-hydrogen) atoms. The van der Waals surface area contributed by atoms with E-state index in [0.717, 1.165) is 10.7 Å². The van der Waals surface area contributed by atoms with E-state index in [1.807, 2.05) is 41.5 Å². The van der Waals surface area contributed by atoms with E-state index in [-0.39, 0.29) is 18.2 Å². The van der Waals surface area contributed by atoms with Crippen LogP contribution in [0, 0.1) is 13.8 Å². The molecule has 2 atom stereocenters. The molecule has 0 aliphatic heterocycles. The molecule has 0 aliphatic carbocycles. The van der Waals surface area contributed by atoms with Gasteiger partial charge in [-0.15, -0.1) is 11.3 Å². The number of aromatic nitrogens is 1. The van der Waals surface area contributed by atoms with Crippen molar-refractivity contribution in [2.75, 3.05) is 6.54 Å². The summed E-state index contributed by atoms with van der Waals surface area (Å²) in [4.78, 5) is 17.3. The minimum Gasteiger partial charge on any atom is -0.444 e. The van der Waals surface area contributed by atoms with Crippen molar-refractivity contribution < 1.29 is 9.53 Å². The lowest BCUT2D eigenvalue weighted by Gasteiger charge is -2.22. The minimum atomic E-state index is -0.467. The third-order valence-corrected chi connectivity index (χ3v) is 4.07. The Balaban J connectivity index is 2.41. The van der Waals surface area contributed by atoms with Crippen LogP contribution < -0.4 is 10.6 Å². The zero-order valence-corrected chi connectivity index (χ0v) is 14.9. The number of rotatable bonds is 5. The van der Waals surface area contributed by atoms with Crippen molar-refractivity contribution in [2.45, 2.75) is 66.2 Å². The molecule has 1 amide bonds. The third kappa shape index (κ3) is 6.44. The SMILES string of the molecule is Cc1nc(C)c(C(C)NC(C)CNC(=O)OC(C)(C)C)s1. The van der Waals surface area contributed by atoms with Crippen molar-refractivity contribution in [2.24, 2.45) is 0 Å². The van der Waals surface area contributed by atoms with Crippen molar-refractivity contribution in [3.8, 4) is 0 Å². The number of hydrogen-bond donors (Lipinski definition) is 2. The summed E-state index contributed by atoms with van der Waals surface area (Å²) < 4.78 is 5.21. The fourth-order valence-electron chi connectivity index (χ4n) is 2.06. The first-order valence-electron chi connectivity index (χ1n) is 7.25. The van der Waals surface area contributed by atoms with Crippen LogP contribution in [0.1, 0.15) is 56.2 Å². The Morgan fingerprint density at radius 1 is 1.33 bits per heavy atom. The molecular formula is C15H27N3O2S. The Labute approximate surface area is 131 Å². The van der Waals surface area contributed by atoms with Crippen molar-refractivity contribution in [3.63, 3.8) is 0 Å². The summed E-state index contributed by atoms with van der Waals surface area (Å²) in [6, 6.07) is 0.362. The van der Waals surface area contributed by atoms with Gasteiger partial charge < -0.3 is 15.4 Å². The monoisotopic (exact) mass is 313 g/mol. The normalized spacial score (nSPS) is 14.6. The highest BCUT2D eigenvalue weighted by Gasteiger charge is 2.18. The molecule has 120 valence electrons. The molecule has 2 N–H and O–H groups in total. The lowest BCUT2D eigenvalue weighted by molar-refractivity contribution is 0.0522. The summed E-state index contributed by atoms with van der Waals surface area (Å²) >= 11 is 1.71. The number of ether oxygens (including phenoxy) is 1. The second-order valence-electron chi connectivity index (χ2n) is 6.35. The van der Waals surface area contributed by atoms with Crippen LogP contribution in [0.2, 0.25) is 0 Å². The number of nitrogens with zero attached hydrogens (tertiary/aromatic N) is 1. The van der Waals surface area contributed by atoms with Gasteiger partial charge in [-0.25, -0.2) is 9.78 Å². The molecule has 1 heterocycles. The summed E-state index contributed by atoms with van der Waals surface area (Å²) in [7, 11) is 0. The molecule has 1 aromatic heterocycles. The van der Waals surface area contributed by atoms with Gasteiger partial charge in [-0.2, -0.15) is 0 Å². The van der Waals surface area contributed by atoms with Gasteiger partial charge in [0.05, 0.1) is 10.7 Å². The molecule has 2 unspecified atom stereocenters. The van der Waals surface area contributed by atoms with Crippen molar-refractivity contribution in [3.05, 3.63) is 15.6 Å². The summed E-state index contributed by atoms with van der Waals surface area (Å²) in [6.07, 6.45) is -0.381. The topological polar surface area (TPSA) is 63.2 Å². The number of nitrogens with one attached hydrogen (secondary N) is 2. The fraction of sp³-hybridized carbons (Fsp3) is 0.733. The van der Waals surface area contributed by atoms with E-state index in [4.69, 9.17) is 4.74 Å². The number of amides is 1. The molecule has 1 rings (SSSR count). The van der Waals surface area contributed by atoms with Crippen LogP contribution in [0.3, 0.4) is 0 Å². The second-order valence-corrected chi connectivity index (χ2v) is 7.59. The maximum Gasteiger partial charge on any atom is 0.407 e. The number of carbonyl (C=O) groups is 1. The molecule has 0 bridgehead atoms. The largest absolute Gasteiger partial charge is 0.444 e. The summed E-state index contributed by atoms with van der Waals surface area (Å²) in [6.45, 7) is 14.3. The average molecular weight is 313 g/mol. The minimum absolute atomic E-state index is 0.148. The van der Waals surface area contributed by atoms with Gasteiger partial charge in [0, 0.05) is 23.5 Å². The van der Waals surface area contributed by atoms with Crippen LogP contribution in [0.25, 0.3) is 0 Å². The second kappa shape index (κ2) is 7.22. The molecule has 0 fully saturated rings. The molecule has 0 saturated carbocycles. The number of alkyl carbamates (subject to hydrolysis) is 1. The van der Waals surface area contributed by atoms with Crippen molar-refractivity contribution >= 4 is 17.4 Å².